The average Bonchev–Trinajstić information content (AvgIpc) is 2.62. The van der Waals surface area contributed by atoms with Crippen LogP contribution in [0.3, 0.4) is 0 Å². The molecule has 0 fully saturated rings. The second-order valence-electron chi connectivity index (χ2n) is 3.86. The smallest absolute Gasteiger partial charge is 0.323 e. The summed E-state index contributed by atoms with van der Waals surface area (Å²) in [5.74, 6) is -0.0421. The molecular formula is C10H17N3O2S. The van der Waals surface area contributed by atoms with Crippen molar-refractivity contribution in [3.8, 4) is 0 Å². The van der Waals surface area contributed by atoms with Gasteiger partial charge in [-0.2, -0.15) is 4.37 Å². The number of carbonyl (C=O) groups is 1. The molecule has 0 saturated heterocycles. The van der Waals surface area contributed by atoms with Crippen LogP contribution in [0.25, 0.3) is 0 Å². The van der Waals surface area contributed by atoms with Crippen molar-refractivity contribution in [2.24, 2.45) is 0 Å². The second-order valence-corrected chi connectivity index (χ2v) is 4.59. The molecule has 0 amide bonds. The molecular weight excluding hydrogens is 226 g/mol. The summed E-state index contributed by atoms with van der Waals surface area (Å²) < 4.78 is 4.21. The van der Waals surface area contributed by atoms with Crippen molar-refractivity contribution in [2.45, 2.75) is 39.7 Å². The molecule has 0 spiro atoms. The monoisotopic (exact) mass is 243 g/mol. The Labute approximate surface area is 99.3 Å². The summed E-state index contributed by atoms with van der Waals surface area (Å²) in [4.78, 5) is 16.8. The lowest BCUT2D eigenvalue weighted by Gasteiger charge is -2.23. The van der Waals surface area contributed by atoms with E-state index in [1.807, 2.05) is 13.8 Å². The number of aliphatic carboxylic acids is 1. The Balaban J connectivity index is 2.79. The molecule has 1 aromatic rings. The fraction of sp³-hybridized carbons (Fsp3) is 0.700. The maximum absolute atomic E-state index is 10.7. The van der Waals surface area contributed by atoms with Crippen LogP contribution in [0.2, 0.25) is 0 Å². The number of aryl methyl sites for hydroxylation is 1. The Kier molecular flexibility index (Phi) is 4.67. The number of hydrogen-bond acceptors (Lipinski definition) is 5. The van der Waals surface area contributed by atoms with Crippen LogP contribution < -0.4 is 4.90 Å². The molecule has 1 heterocycles. The van der Waals surface area contributed by atoms with Gasteiger partial charge in [-0.05, 0) is 20.3 Å². The lowest BCUT2D eigenvalue weighted by atomic mass is 10.3. The molecule has 1 aromatic heterocycles. The molecule has 0 atom stereocenters. The molecule has 5 nitrogen and oxygen atoms in total. The first-order chi connectivity index (χ1) is 7.54. The summed E-state index contributed by atoms with van der Waals surface area (Å²) >= 11 is 1.27. The first kappa shape index (κ1) is 12.9. The SMILES string of the molecule is CCCc1nsc(N(CC(=O)O)C(C)C)n1. The van der Waals surface area contributed by atoms with Crippen LogP contribution in [-0.2, 0) is 11.2 Å². The molecule has 0 aromatic carbocycles. The molecule has 0 saturated carbocycles. The van der Waals surface area contributed by atoms with Gasteiger partial charge in [0.25, 0.3) is 0 Å². The Morgan fingerprint density at radius 3 is 2.75 bits per heavy atom. The molecule has 0 aliphatic heterocycles. The standard InChI is InChI=1S/C10H17N3O2S/c1-4-5-8-11-10(16-12-8)13(7(2)3)6-9(14)15/h7H,4-6H2,1-3H3,(H,14,15). The van der Waals surface area contributed by atoms with Crippen molar-refractivity contribution >= 4 is 22.6 Å². The predicted octanol–water partition coefficient (Wildman–Crippen LogP) is 1.79. The first-order valence-electron chi connectivity index (χ1n) is 5.35. The van der Waals surface area contributed by atoms with E-state index in [4.69, 9.17) is 5.11 Å². The minimum absolute atomic E-state index is 0.0293. The predicted molar refractivity (Wildman–Crippen MR) is 64.0 cm³/mol. The van der Waals surface area contributed by atoms with Crippen LogP contribution in [0.4, 0.5) is 5.13 Å². The normalized spacial score (nSPS) is 10.8. The number of anilines is 1. The number of aromatic nitrogens is 2. The molecule has 16 heavy (non-hydrogen) atoms. The van der Waals surface area contributed by atoms with E-state index in [2.05, 4.69) is 16.3 Å². The number of hydrogen-bond donors (Lipinski definition) is 1. The summed E-state index contributed by atoms with van der Waals surface area (Å²) in [5, 5.41) is 9.51. The van der Waals surface area contributed by atoms with E-state index in [0.29, 0.717) is 5.13 Å². The second kappa shape index (κ2) is 5.79. The lowest BCUT2D eigenvalue weighted by molar-refractivity contribution is -0.135. The van der Waals surface area contributed by atoms with E-state index in [9.17, 15) is 4.79 Å². The van der Waals surface area contributed by atoms with E-state index in [-0.39, 0.29) is 12.6 Å². The number of carboxylic acid groups (broad SMARTS) is 1. The van der Waals surface area contributed by atoms with Gasteiger partial charge in [-0.15, -0.1) is 0 Å². The largest absolute Gasteiger partial charge is 0.480 e. The van der Waals surface area contributed by atoms with Gasteiger partial charge in [-0.3, -0.25) is 4.79 Å². The molecule has 1 rings (SSSR count). The van der Waals surface area contributed by atoms with Gasteiger partial charge in [-0.25, -0.2) is 4.98 Å². The summed E-state index contributed by atoms with van der Waals surface area (Å²) in [5.41, 5.74) is 0. The molecule has 0 aliphatic rings. The summed E-state index contributed by atoms with van der Waals surface area (Å²) in [6.07, 6.45) is 1.84. The fourth-order valence-electron chi connectivity index (χ4n) is 1.30. The molecule has 0 aliphatic carbocycles. The third-order valence-corrected chi connectivity index (χ3v) is 2.90. The van der Waals surface area contributed by atoms with Gasteiger partial charge in [0.05, 0.1) is 0 Å². The summed E-state index contributed by atoms with van der Waals surface area (Å²) in [6.45, 7) is 5.93. The highest BCUT2D eigenvalue weighted by molar-refractivity contribution is 7.09. The molecule has 6 heteroatoms. The maximum atomic E-state index is 10.7. The van der Waals surface area contributed by atoms with Crippen LogP contribution in [0, 0.1) is 0 Å². The lowest BCUT2D eigenvalue weighted by Crippen LogP contribution is -2.35. The van der Waals surface area contributed by atoms with Gasteiger partial charge >= 0.3 is 5.97 Å². The van der Waals surface area contributed by atoms with Gasteiger partial charge in [-0.1, -0.05) is 6.92 Å². The van der Waals surface area contributed by atoms with Crippen LogP contribution in [0.15, 0.2) is 0 Å². The van der Waals surface area contributed by atoms with E-state index < -0.39 is 5.97 Å². The molecule has 0 radical (unpaired) electrons. The zero-order valence-electron chi connectivity index (χ0n) is 9.80. The van der Waals surface area contributed by atoms with Gasteiger partial charge in [0.15, 0.2) is 0 Å². The highest BCUT2D eigenvalue weighted by Crippen LogP contribution is 2.19. The summed E-state index contributed by atoms with van der Waals surface area (Å²) in [7, 11) is 0. The van der Waals surface area contributed by atoms with Gasteiger partial charge in [0, 0.05) is 24.0 Å². The van der Waals surface area contributed by atoms with E-state index in [0.717, 1.165) is 18.7 Å². The summed E-state index contributed by atoms with van der Waals surface area (Å²) in [6, 6.07) is 0.110. The molecule has 0 unspecified atom stereocenters. The van der Waals surface area contributed by atoms with Crippen molar-refractivity contribution in [3.63, 3.8) is 0 Å². The van der Waals surface area contributed by atoms with E-state index in [1.165, 1.54) is 11.5 Å². The van der Waals surface area contributed by atoms with Crippen molar-refractivity contribution in [3.05, 3.63) is 5.82 Å². The van der Waals surface area contributed by atoms with Gasteiger partial charge in [0.1, 0.15) is 12.4 Å². The Morgan fingerprint density at radius 2 is 2.25 bits per heavy atom. The third-order valence-electron chi connectivity index (χ3n) is 2.11. The molecule has 1 N–H and O–H groups in total. The van der Waals surface area contributed by atoms with Crippen LogP contribution in [0.1, 0.15) is 33.0 Å². The minimum Gasteiger partial charge on any atom is -0.480 e. The van der Waals surface area contributed by atoms with Crippen LogP contribution in [-0.4, -0.2) is 33.0 Å². The highest BCUT2D eigenvalue weighted by atomic mass is 32.1. The highest BCUT2D eigenvalue weighted by Gasteiger charge is 2.18. The number of carboxylic acids is 1. The Morgan fingerprint density at radius 1 is 1.56 bits per heavy atom. The van der Waals surface area contributed by atoms with E-state index in [1.54, 1.807) is 4.90 Å². The van der Waals surface area contributed by atoms with E-state index >= 15 is 0 Å². The number of nitrogens with zero attached hydrogens (tertiary/aromatic N) is 3. The topological polar surface area (TPSA) is 66.3 Å². The van der Waals surface area contributed by atoms with Gasteiger partial charge in [0.2, 0.25) is 5.13 Å². The average molecular weight is 243 g/mol. The molecule has 0 bridgehead atoms. The molecule has 90 valence electrons. The van der Waals surface area contributed by atoms with Crippen molar-refractivity contribution in [1.82, 2.24) is 9.36 Å². The number of rotatable bonds is 6. The Bertz CT molecular complexity index is 352. The first-order valence-corrected chi connectivity index (χ1v) is 6.13. The third kappa shape index (κ3) is 3.44. The zero-order valence-corrected chi connectivity index (χ0v) is 10.6. The zero-order chi connectivity index (χ0) is 12.1. The van der Waals surface area contributed by atoms with Gasteiger partial charge < -0.3 is 10.0 Å². The van der Waals surface area contributed by atoms with Crippen molar-refractivity contribution in [1.29, 1.82) is 0 Å². The van der Waals surface area contributed by atoms with Crippen LogP contribution in [0.5, 0.6) is 0 Å². The maximum Gasteiger partial charge on any atom is 0.323 e. The van der Waals surface area contributed by atoms with Crippen LogP contribution >= 0.6 is 11.5 Å². The minimum atomic E-state index is -0.846. The van der Waals surface area contributed by atoms with Crippen molar-refractivity contribution < 1.29 is 9.90 Å². The Hall–Kier alpha value is -1.17. The quantitative estimate of drug-likeness (QED) is 0.825. The fourth-order valence-corrected chi connectivity index (χ4v) is 2.15. The van der Waals surface area contributed by atoms with Crippen molar-refractivity contribution in [2.75, 3.05) is 11.4 Å².